The summed E-state index contributed by atoms with van der Waals surface area (Å²) in [6.07, 6.45) is 5.24. The lowest BCUT2D eigenvalue weighted by Gasteiger charge is -2.22. The highest BCUT2D eigenvalue weighted by Gasteiger charge is 2.33. The quantitative estimate of drug-likeness (QED) is 0.470. The van der Waals surface area contributed by atoms with Crippen molar-refractivity contribution < 1.29 is 19.1 Å². The molecule has 4 nitrogen and oxygen atoms in total. The molecule has 0 aliphatic heterocycles. The molecule has 0 fully saturated rings. The van der Waals surface area contributed by atoms with Gasteiger partial charge in [-0.1, -0.05) is 33.1 Å². The van der Waals surface area contributed by atoms with E-state index in [0.29, 0.717) is 19.4 Å². The van der Waals surface area contributed by atoms with Crippen molar-refractivity contribution in [3.8, 4) is 0 Å². The highest BCUT2D eigenvalue weighted by atomic mass is 16.6. The summed E-state index contributed by atoms with van der Waals surface area (Å²) in [4.78, 5) is 23.1. The van der Waals surface area contributed by atoms with Gasteiger partial charge in [-0.05, 0) is 26.7 Å². The van der Waals surface area contributed by atoms with E-state index in [0.717, 1.165) is 25.7 Å². The van der Waals surface area contributed by atoms with Crippen LogP contribution >= 0.6 is 0 Å². The number of ether oxygens (including phenoxy) is 2. The zero-order valence-corrected chi connectivity index (χ0v) is 12.1. The van der Waals surface area contributed by atoms with Gasteiger partial charge >= 0.3 is 11.9 Å². The van der Waals surface area contributed by atoms with Crippen LogP contribution in [-0.2, 0) is 19.1 Å². The van der Waals surface area contributed by atoms with E-state index in [2.05, 4.69) is 6.92 Å². The molecule has 0 atom stereocenters. The minimum atomic E-state index is -1.18. The Kier molecular flexibility index (Phi) is 8.42. The lowest BCUT2D eigenvalue weighted by atomic mass is 10.1. The summed E-state index contributed by atoms with van der Waals surface area (Å²) < 4.78 is 10.2. The standard InChI is InChI=1S/C14H26O4/c1-5-7-8-9-11-17-13(16)14(3,4)18-12(15)10-6-2/h5-11H2,1-4H3. The molecule has 106 valence electrons. The largest absolute Gasteiger partial charge is 0.463 e. The van der Waals surface area contributed by atoms with Crippen molar-refractivity contribution in [1.29, 1.82) is 0 Å². The SMILES string of the molecule is CCCCCCOC(=O)C(C)(C)OC(=O)CCC. The van der Waals surface area contributed by atoms with Crippen LogP contribution in [0.2, 0.25) is 0 Å². The van der Waals surface area contributed by atoms with Crippen LogP contribution in [0, 0.1) is 0 Å². The van der Waals surface area contributed by atoms with Crippen LogP contribution in [0.3, 0.4) is 0 Å². The maximum atomic E-state index is 11.7. The van der Waals surface area contributed by atoms with Gasteiger partial charge in [0.25, 0.3) is 0 Å². The first-order chi connectivity index (χ1) is 8.44. The zero-order valence-electron chi connectivity index (χ0n) is 12.1. The first-order valence-electron chi connectivity index (χ1n) is 6.83. The van der Waals surface area contributed by atoms with Gasteiger partial charge in [-0.25, -0.2) is 4.79 Å². The molecule has 0 aliphatic rings. The van der Waals surface area contributed by atoms with Crippen LogP contribution in [0.15, 0.2) is 0 Å². The van der Waals surface area contributed by atoms with Gasteiger partial charge in [0.15, 0.2) is 0 Å². The third-order valence-corrected chi connectivity index (χ3v) is 2.55. The van der Waals surface area contributed by atoms with Crippen LogP contribution < -0.4 is 0 Å². The molecule has 0 aromatic heterocycles. The number of carbonyl (C=O) groups excluding carboxylic acids is 2. The first-order valence-corrected chi connectivity index (χ1v) is 6.83. The Balaban J connectivity index is 3.94. The normalized spacial score (nSPS) is 11.1. The molecule has 0 amide bonds. The van der Waals surface area contributed by atoms with Crippen LogP contribution in [-0.4, -0.2) is 24.1 Å². The van der Waals surface area contributed by atoms with Crippen molar-refractivity contribution in [2.75, 3.05) is 6.61 Å². The van der Waals surface area contributed by atoms with E-state index in [1.165, 1.54) is 0 Å². The lowest BCUT2D eigenvalue weighted by molar-refractivity contribution is -0.178. The monoisotopic (exact) mass is 258 g/mol. The van der Waals surface area contributed by atoms with E-state index >= 15 is 0 Å². The van der Waals surface area contributed by atoms with E-state index < -0.39 is 11.6 Å². The summed E-state index contributed by atoms with van der Waals surface area (Å²) in [6.45, 7) is 7.54. The molecule has 0 aromatic carbocycles. The molecule has 0 aromatic rings. The molecule has 18 heavy (non-hydrogen) atoms. The van der Waals surface area contributed by atoms with Gasteiger partial charge in [-0.3, -0.25) is 4.79 Å². The zero-order chi connectivity index (χ0) is 14.0. The Bertz CT molecular complexity index is 259. The highest BCUT2D eigenvalue weighted by molar-refractivity contribution is 5.82. The van der Waals surface area contributed by atoms with Gasteiger partial charge in [-0.2, -0.15) is 0 Å². The summed E-state index contributed by atoms with van der Waals surface area (Å²) in [5.74, 6) is -0.825. The predicted molar refractivity (Wildman–Crippen MR) is 70.2 cm³/mol. The van der Waals surface area contributed by atoms with E-state index in [4.69, 9.17) is 9.47 Å². The van der Waals surface area contributed by atoms with E-state index in [-0.39, 0.29) is 5.97 Å². The van der Waals surface area contributed by atoms with Crippen LogP contribution in [0.1, 0.15) is 66.2 Å². The maximum Gasteiger partial charge on any atom is 0.350 e. The maximum absolute atomic E-state index is 11.7. The molecule has 0 aliphatic carbocycles. The van der Waals surface area contributed by atoms with Gasteiger partial charge in [0.1, 0.15) is 0 Å². The molecule has 0 rings (SSSR count). The molecule has 0 heterocycles. The second-order valence-electron chi connectivity index (χ2n) is 4.93. The number of rotatable bonds is 9. The molecular formula is C14H26O4. The second kappa shape index (κ2) is 8.95. The number of hydrogen-bond acceptors (Lipinski definition) is 4. The molecule has 0 spiro atoms. The van der Waals surface area contributed by atoms with Gasteiger partial charge in [0.05, 0.1) is 6.61 Å². The van der Waals surface area contributed by atoms with Gasteiger partial charge < -0.3 is 9.47 Å². The van der Waals surface area contributed by atoms with Crippen molar-refractivity contribution in [3.05, 3.63) is 0 Å². The summed E-state index contributed by atoms with van der Waals surface area (Å²) in [6, 6.07) is 0. The van der Waals surface area contributed by atoms with Crippen molar-refractivity contribution in [2.24, 2.45) is 0 Å². The summed E-state index contributed by atoms with van der Waals surface area (Å²) in [5.41, 5.74) is -1.18. The Morgan fingerprint density at radius 1 is 1.00 bits per heavy atom. The first kappa shape index (κ1) is 16.9. The topological polar surface area (TPSA) is 52.6 Å². The Labute approximate surface area is 110 Å². The molecule has 0 saturated heterocycles. The Hall–Kier alpha value is -1.06. The summed E-state index contributed by atoms with van der Waals surface area (Å²) in [5, 5.41) is 0. The minimum Gasteiger partial charge on any atom is -0.463 e. The van der Waals surface area contributed by atoms with Crippen molar-refractivity contribution in [2.45, 2.75) is 71.8 Å². The molecule has 0 radical (unpaired) electrons. The van der Waals surface area contributed by atoms with E-state index in [1.807, 2.05) is 6.92 Å². The van der Waals surface area contributed by atoms with Crippen LogP contribution in [0.5, 0.6) is 0 Å². The summed E-state index contributed by atoms with van der Waals surface area (Å²) >= 11 is 0. The van der Waals surface area contributed by atoms with E-state index in [9.17, 15) is 9.59 Å². The fourth-order valence-corrected chi connectivity index (χ4v) is 1.45. The van der Waals surface area contributed by atoms with Crippen LogP contribution in [0.4, 0.5) is 0 Å². The van der Waals surface area contributed by atoms with Gasteiger partial charge in [-0.15, -0.1) is 0 Å². The fraction of sp³-hybridized carbons (Fsp3) is 0.857. The summed E-state index contributed by atoms with van der Waals surface area (Å²) in [7, 11) is 0. The smallest absolute Gasteiger partial charge is 0.350 e. The minimum absolute atomic E-state index is 0.327. The second-order valence-corrected chi connectivity index (χ2v) is 4.93. The lowest BCUT2D eigenvalue weighted by Crippen LogP contribution is -2.38. The average molecular weight is 258 g/mol. The number of hydrogen-bond donors (Lipinski definition) is 0. The predicted octanol–water partition coefficient (Wildman–Crippen LogP) is 3.23. The van der Waals surface area contributed by atoms with Crippen molar-refractivity contribution >= 4 is 11.9 Å². The number of unbranched alkanes of at least 4 members (excludes halogenated alkanes) is 3. The van der Waals surface area contributed by atoms with Gasteiger partial charge in [0.2, 0.25) is 5.60 Å². The Morgan fingerprint density at radius 2 is 1.67 bits per heavy atom. The molecule has 0 saturated carbocycles. The molecule has 0 unspecified atom stereocenters. The molecule has 0 N–H and O–H groups in total. The molecule has 4 heteroatoms. The third kappa shape index (κ3) is 7.30. The average Bonchev–Trinajstić information content (AvgIpc) is 2.28. The highest BCUT2D eigenvalue weighted by Crippen LogP contribution is 2.14. The number of carbonyl (C=O) groups is 2. The fourth-order valence-electron chi connectivity index (χ4n) is 1.45. The van der Waals surface area contributed by atoms with E-state index in [1.54, 1.807) is 13.8 Å². The van der Waals surface area contributed by atoms with Crippen molar-refractivity contribution in [1.82, 2.24) is 0 Å². The van der Waals surface area contributed by atoms with Gasteiger partial charge in [0, 0.05) is 6.42 Å². The third-order valence-electron chi connectivity index (χ3n) is 2.55. The number of esters is 2. The van der Waals surface area contributed by atoms with Crippen LogP contribution in [0.25, 0.3) is 0 Å². The molecule has 0 bridgehead atoms. The Morgan fingerprint density at radius 3 is 2.22 bits per heavy atom. The van der Waals surface area contributed by atoms with Crippen molar-refractivity contribution in [3.63, 3.8) is 0 Å². The molecular weight excluding hydrogens is 232 g/mol.